The first-order chi connectivity index (χ1) is 20.9. The highest BCUT2D eigenvalue weighted by molar-refractivity contribution is 6.31. The molecule has 1 saturated heterocycles. The van der Waals surface area contributed by atoms with E-state index in [1.807, 2.05) is 20.8 Å². The van der Waals surface area contributed by atoms with Crippen molar-refractivity contribution in [1.29, 1.82) is 0 Å². The first-order valence-electron chi connectivity index (χ1n) is 14.1. The van der Waals surface area contributed by atoms with Crippen LogP contribution in [0.3, 0.4) is 0 Å². The van der Waals surface area contributed by atoms with Crippen LogP contribution in [-0.4, -0.2) is 49.7 Å². The van der Waals surface area contributed by atoms with Gasteiger partial charge < -0.3 is 24.6 Å². The monoisotopic (exact) mass is 645 g/mol. The molecule has 0 unspecified atom stereocenters. The number of halogens is 3. The third kappa shape index (κ3) is 5.91. The second kappa shape index (κ2) is 12.4. The Bertz CT molecular complexity index is 1580. The molecular weight excluding hydrogens is 612 g/mol. The first kappa shape index (κ1) is 31.8. The van der Waals surface area contributed by atoms with Crippen molar-refractivity contribution in [2.45, 2.75) is 50.8 Å². The molecule has 3 aromatic rings. The number of aliphatic hydroxyl groups is 1. The molecule has 4 atom stereocenters. The minimum Gasteiger partial charge on any atom is -0.494 e. The van der Waals surface area contributed by atoms with Gasteiger partial charge in [0.1, 0.15) is 29.3 Å². The number of hydrogen-bond acceptors (Lipinski definition) is 7. The second-order valence-corrected chi connectivity index (χ2v) is 12.8. The summed E-state index contributed by atoms with van der Waals surface area (Å²) < 4.78 is 32.7. The Labute approximate surface area is 265 Å². The molecule has 44 heavy (non-hydrogen) atoms. The SMILES string of the molecule is COc1cc(OCCO)ccc1NC(=O)O[C@H]1N[C@@H](CC(C)(C)C)[C@@]2(C(=O)Nc3cc(Cl)ccc32)[C@H]1c1cccc(Cl)c1F. The fraction of sp³-hybridized carbons (Fsp3) is 0.375. The summed E-state index contributed by atoms with van der Waals surface area (Å²) in [5.74, 6) is -1.37. The topological polar surface area (TPSA) is 118 Å². The van der Waals surface area contributed by atoms with Gasteiger partial charge in [-0.1, -0.05) is 62.2 Å². The molecule has 9 nitrogen and oxygen atoms in total. The van der Waals surface area contributed by atoms with Crippen LogP contribution in [0.15, 0.2) is 54.6 Å². The maximum absolute atomic E-state index is 15.9. The van der Waals surface area contributed by atoms with Crippen molar-refractivity contribution >= 4 is 46.6 Å². The van der Waals surface area contributed by atoms with Gasteiger partial charge in [-0.3, -0.25) is 15.4 Å². The van der Waals surface area contributed by atoms with Gasteiger partial charge in [0.25, 0.3) is 0 Å². The first-order valence-corrected chi connectivity index (χ1v) is 14.9. The molecule has 0 aliphatic carbocycles. The van der Waals surface area contributed by atoms with Crippen LogP contribution in [0.5, 0.6) is 11.5 Å². The Morgan fingerprint density at radius 3 is 2.61 bits per heavy atom. The molecule has 3 aromatic carbocycles. The molecule has 0 aromatic heterocycles. The predicted octanol–water partition coefficient (Wildman–Crippen LogP) is 6.47. The van der Waals surface area contributed by atoms with Gasteiger partial charge in [0, 0.05) is 22.8 Å². The molecule has 5 rings (SSSR count). The van der Waals surface area contributed by atoms with Gasteiger partial charge in [-0.25, -0.2) is 9.18 Å². The number of carbonyl (C=O) groups is 2. The van der Waals surface area contributed by atoms with E-state index >= 15 is 4.39 Å². The van der Waals surface area contributed by atoms with E-state index in [9.17, 15) is 9.59 Å². The van der Waals surface area contributed by atoms with Gasteiger partial charge in [-0.05, 0) is 53.3 Å². The zero-order valence-corrected chi connectivity index (χ0v) is 26.2. The summed E-state index contributed by atoms with van der Waals surface area (Å²) in [5, 5.41) is 18.4. The summed E-state index contributed by atoms with van der Waals surface area (Å²) in [5.41, 5.74) is -0.120. The van der Waals surface area contributed by atoms with E-state index in [-0.39, 0.29) is 46.6 Å². The molecule has 0 saturated carbocycles. The van der Waals surface area contributed by atoms with Crippen molar-refractivity contribution in [3.05, 3.63) is 81.6 Å². The summed E-state index contributed by atoms with van der Waals surface area (Å²) in [6.07, 6.45) is -1.54. The van der Waals surface area contributed by atoms with E-state index in [1.54, 1.807) is 48.5 Å². The smallest absolute Gasteiger partial charge is 0.413 e. The summed E-state index contributed by atoms with van der Waals surface area (Å²) in [6, 6.07) is 13.8. The van der Waals surface area contributed by atoms with Crippen LogP contribution in [-0.2, 0) is 14.9 Å². The van der Waals surface area contributed by atoms with Gasteiger partial charge in [0.2, 0.25) is 5.91 Å². The number of methoxy groups -OCH3 is 1. The number of carbonyl (C=O) groups excluding carboxylic acids is 2. The van der Waals surface area contributed by atoms with Crippen LogP contribution in [0.25, 0.3) is 0 Å². The Balaban J connectivity index is 1.58. The van der Waals surface area contributed by atoms with Crippen molar-refractivity contribution in [3.8, 4) is 11.5 Å². The van der Waals surface area contributed by atoms with Gasteiger partial charge in [-0.2, -0.15) is 0 Å². The Morgan fingerprint density at radius 2 is 1.91 bits per heavy atom. The minimum absolute atomic E-state index is 0.0904. The van der Waals surface area contributed by atoms with Crippen molar-refractivity contribution in [3.63, 3.8) is 0 Å². The lowest BCUT2D eigenvalue weighted by Crippen LogP contribution is -2.49. The highest BCUT2D eigenvalue weighted by atomic mass is 35.5. The number of amides is 2. The standard InChI is InChI=1S/C32H34Cl2FN3O6/c1-31(2,3)16-25-32(20-10-8-17(33)14-23(20)36-29(32)40)26(19-6-5-7-21(34)27(19)35)28(38-25)44-30(41)37-22-11-9-18(43-13-12-39)15-24(22)42-4/h5-11,14-15,25-26,28,38-39H,12-13,16H2,1-4H3,(H,36,40)(H,37,41)/t25-,26-,28+,32+/m0/s1. The number of benzene rings is 3. The zero-order chi connectivity index (χ0) is 31.8. The fourth-order valence-electron chi connectivity index (χ4n) is 6.25. The molecule has 4 N–H and O–H groups in total. The quantitative estimate of drug-likeness (QED) is 0.222. The van der Waals surface area contributed by atoms with E-state index in [0.717, 1.165) is 0 Å². The number of ether oxygens (including phenoxy) is 3. The van der Waals surface area contributed by atoms with E-state index < -0.39 is 35.5 Å². The van der Waals surface area contributed by atoms with Crippen molar-refractivity contribution in [1.82, 2.24) is 5.32 Å². The van der Waals surface area contributed by atoms with Gasteiger partial charge in [-0.15, -0.1) is 0 Å². The highest BCUT2D eigenvalue weighted by Crippen LogP contribution is 2.57. The van der Waals surface area contributed by atoms with Crippen LogP contribution in [0, 0.1) is 11.2 Å². The number of fused-ring (bicyclic) bond motifs is 2. The average molecular weight is 647 g/mol. The van der Waals surface area contributed by atoms with Crippen molar-refractivity contribution in [2.75, 3.05) is 31.0 Å². The number of aliphatic hydroxyl groups excluding tert-OH is 1. The zero-order valence-electron chi connectivity index (χ0n) is 24.7. The molecule has 12 heteroatoms. The molecule has 2 aliphatic heterocycles. The Hall–Kier alpha value is -3.57. The van der Waals surface area contributed by atoms with E-state index in [2.05, 4.69) is 16.0 Å². The molecule has 2 amide bonds. The largest absolute Gasteiger partial charge is 0.494 e. The molecule has 234 valence electrons. The second-order valence-electron chi connectivity index (χ2n) is 12.0. The van der Waals surface area contributed by atoms with Gasteiger partial charge in [0.15, 0.2) is 6.23 Å². The minimum atomic E-state index is -1.38. The fourth-order valence-corrected chi connectivity index (χ4v) is 6.61. The van der Waals surface area contributed by atoms with Crippen LogP contribution < -0.4 is 25.4 Å². The molecule has 1 spiro atoms. The predicted molar refractivity (Wildman–Crippen MR) is 166 cm³/mol. The highest BCUT2D eigenvalue weighted by Gasteiger charge is 2.66. The maximum atomic E-state index is 15.9. The van der Waals surface area contributed by atoms with E-state index in [0.29, 0.717) is 28.4 Å². The third-order valence-corrected chi connectivity index (χ3v) is 8.42. The lowest BCUT2D eigenvalue weighted by Gasteiger charge is -2.37. The summed E-state index contributed by atoms with van der Waals surface area (Å²) in [6.45, 7) is 6.04. The summed E-state index contributed by atoms with van der Waals surface area (Å²) >= 11 is 12.5. The molecule has 2 aliphatic rings. The van der Waals surface area contributed by atoms with Crippen LogP contribution in [0.4, 0.5) is 20.6 Å². The number of nitrogens with one attached hydrogen (secondary N) is 3. The number of hydrogen-bond donors (Lipinski definition) is 4. The molecule has 0 bridgehead atoms. The van der Waals surface area contributed by atoms with E-state index in [1.165, 1.54) is 13.2 Å². The third-order valence-electron chi connectivity index (χ3n) is 7.90. The molecule has 2 heterocycles. The molecular formula is C32H34Cl2FN3O6. The van der Waals surface area contributed by atoms with E-state index in [4.69, 9.17) is 42.5 Å². The number of rotatable bonds is 8. The van der Waals surface area contributed by atoms with Crippen LogP contribution in [0.2, 0.25) is 10.0 Å². The lowest BCUT2D eigenvalue weighted by atomic mass is 9.63. The molecule has 0 radical (unpaired) electrons. The van der Waals surface area contributed by atoms with Crippen LogP contribution >= 0.6 is 23.2 Å². The lowest BCUT2D eigenvalue weighted by molar-refractivity contribution is -0.122. The Kier molecular flexibility index (Phi) is 9.00. The van der Waals surface area contributed by atoms with Gasteiger partial charge >= 0.3 is 6.09 Å². The Morgan fingerprint density at radius 1 is 1.14 bits per heavy atom. The summed E-state index contributed by atoms with van der Waals surface area (Å²) in [4.78, 5) is 27.7. The number of anilines is 2. The maximum Gasteiger partial charge on any atom is 0.413 e. The van der Waals surface area contributed by atoms with Crippen molar-refractivity contribution in [2.24, 2.45) is 5.41 Å². The normalized spacial score (nSPS) is 22.5. The van der Waals surface area contributed by atoms with Gasteiger partial charge in [0.05, 0.1) is 30.3 Å². The average Bonchev–Trinajstić information content (AvgIpc) is 3.41. The van der Waals surface area contributed by atoms with Crippen LogP contribution in [0.1, 0.15) is 44.2 Å². The summed E-state index contributed by atoms with van der Waals surface area (Å²) in [7, 11) is 1.43. The van der Waals surface area contributed by atoms with Crippen molar-refractivity contribution < 1.29 is 33.3 Å². The molecule has 1 fully saturated rings.